The van der Waals surface area contributed by atoms with E-state index >= 15 is 0 Å². The van der Waals surface area contributed by atoms with Crippen LogP contribution in [0.3, 0.4) is 0 Å². The maximum Gasteiger partial charge on any atom is 0.129 e. The van der Waals surface area contributed by atoms with Crippen LogP contribution in [0.15, 0.2) is 6.07 Å². The van der Waals surface area contributed by atoms with Gasteiger partial charge in [-0.1, -0.05) is 13.8 Å². The summed E-state index contributed by atoms with van der Waals surface area (Å²) >= 11 is 0. The zero-order valence-corrected chi connectivity index (χ0v) is 12.6. The first-order chi connectivity index (χ1) is 9.04. The van der Waals surface area contributed by atoms with Crippen LogP contribution in [-0.2, 0) is 0 Å². The molecule has 19 heavy (non-hydrogen) atoms. The van der Waals surface area contributed by atoms with E-state index in [0.717, 1.165) is 29.8 Å². The molecule has 1 aliphatic rings. The molecule has 106 valence electrons. The van der Waals surface area contributed by atoms with E-state index < -0.39 is 0 Å². The van der Waals surface area contributed by atoms with Gasteiger partial charge in [0, 0.05) is 30.9 Å². The molecule has 0 aliphatic carbocycles. The minimum Gasteiger partial charge on any atom is -0.368 e. The summed E-state index contributed by atoms with van der Waals surface area (Å²) < 4.78 is 0. The van der Waals surface area contributed by atoms with Crippen LogP contribution in [0.2, 0.25) is 0 Å². The molecule has 0 bridgehead atoms. The Hall–Kier alpha value is -1.16. The number of anilines is 1. The van der Waals surface area contributed by atoms with Gasteiger partial charge in [-0.05, 0) is 39.2 Å². The number of aromatic nitrogens is 2. The highest BCUT2D eigenvalue weighted by Gasteiger charge is 2.24. The second-order valence-electron chi connectivity index (χ2n) is 6.01. The van der Waals surface area contributed by atoms with Gasteiger partial charge < -0.3 is 5.32 Å². The Morgan fingerprint density at radius 2 is 2.16 bits per heavy atom. The highest BCUT2D eigenvalue weighted by atomic mass is 15.2. The van der Waals surface area contributed by atoms with E-state index in [9.17, 15) is 0 Å². The number of likely N-dealkylation sites (tertiary alicyclic amines) is 1. The minimum atomic E-state index is 0.651. The highest BCUT2D eigenvalue weighted by Crippen LogP contribution is 2.19. The summed E-state index contributed by atoms with van der Waals surface area (Å²) in [6, 6.07) is 2.67. The molecule has 0 amide bonds. The summed E-state index contributed by atoms with van der Waals surface area (Å²) in [5.74, 6) is 2.54. The maximum absolute atomic E-state index is 4.44. The zero-order chi connectivity index (χ0) is 13.8. The molecule has 4 nitrogen and oxygen atoms in total. The number of hydrogen-bond acceptors (Lipinski definition) is 4. The molecule has 1 aromatic rings. The topological polar surface area (TPSA) is 41.0 Å². The maximum atomic E-state index is 4.44. The molecule has 2 rings (SSSR count). The van der Waals surface area contributed by atoms with E-state index in [1.807, 2.05) is 19.9 Å². The molecule has 1 atom stereocenters. The number of rotatable bonds is 5. The standard InChI is InChI=1S/C15H26N4/c1-11(2)10-19-7-5-6-14(19)9-16-15-8-12(3)17-13(4)18-15/h8,11,14H,5-7,9-10H2,1-4H3,(H,16,17,18)/t14-/m1/s1. The summed E-state index contributed by atoms with van der Waals surface area (Å²) in [5.41, 5.74) is 1.03. The van der Waals surface area contributed by atoms with Crippen molar-refractivity contribution >= 4 is 5.82 Å². The molecular formula is C15H26N4. The highest BCUT2D eigenvalue weighted by molar-refractivity contribution is 5.35. The van der Waals surface area contributed by atoms with Crippen molar-refractivity contribution in [3.63, 3.8) is 0 Å². The second-order valence-corrected chi connectivity index (χ2v) is 6.01. The van der Waals surface area contributed by atoms with Crippen molar-refractivity contribution < 1.29 is 0 Å². The van der Waals surface area contributed by atoms with Crippen LogP contribution in [0.1, 0.15) is 38.2 Å². The van der Waals surface area contributed by atoms with Crippen molar-refractivity contribution in [3.8, 4) is 0 Å². The summed E-state index contributed by atoms with van der Waals surface area (Å²) in [6.07, 6.45) is 2.61. The average molecular weight is 262 g/mol. The lowest BCUT2D eigenvalue weighted by molar-refractivity contribution is 0.234. The first-order valence-electron chi connectivity index (χ1n) is 7.35. The number of nitrogens with one attached hydrogen (secondary N) is 1. The first-order valence-corrected chi connectivity index (χ1v) is 7.35. The molecule has 4 heteroatoms. The lowest BCUT2D eigenvalue weighted by Gasteiger charge is -2.26. The molecule has 1 aromatic heterocycles. The van der Waals surface area contributed by atoms with Crippen molar-refractivity contribution in [2.75, 3.05) is 25.0 Å². The molecule has 0 spiro atoms. The molecule has 1 N–H and O–H groups in total. The van der Waals surface area contributed by atoms with Crippen molar-refractivity contribution in [1.82, 2.24) is 14.9 Å². The lowest BCUT2D eigenvalue weighted by atomic mass is 10.1. The van der Waals surface area contributed by atoms with Crippen molar-refractivity contribution in [2.24, 2.45) is 5.92 Å². The van der Waals surface area contributed by atoms with Crippen molar-refractivity contribution in [2.45, 2.75) is 46.6 Å². The Labute approximate surface area is 116 Å². The molecular weight excluding hydrogens is 236 g/mol. The van der Waals surface area contributed by atoms with Crippen LogP contribution < -0.4 is 5.32 Å². The summed E-state index contributed by atoms with van der Waals surface area (Å²) in [5, 5.41) is 3.48. The second kappa shape index (κ2) is 6.33. The molecule has 0 aromatic carbocycles. The fraction of sp³-hybridized carbons (Fsp3) is 0.733. The Morgan fingerprint density at radius 1 is 1.37 bits per heavy atom. The molecule has 0 radical (unpaired) electrons. The van der Waals surface area contributed by atoms with Gasteiger partial charge in [-0.25, -0.2) is 9.97 Å². The van der Waals surface area contributed by atoms with Crippen LogP contribution >= 0.6 is 0 Å². The molecule has 0 unspecified atom stereocenters. The Kier molecular flexibility index (Phi) is 4.75. The van der Waals surface area contributed by atoms with E-state index in [-0.39, 0.29) is 0 Å². The van der Waals surface area contributed by atoms with Gasteiger partial charge in [-0.2, -0.15) is 0 Å². The third-order valence-electron chi connectivity index (χ3n) is 3.58. The minimum absolute atomic E-state index is 0.651. The van der Waals surface area contributed by atoms with Crippen LogP contribution in [0.25, 0.3) is 0 Å². The molecule has 0 saturated carbocycles. The average Bonchev–Trinajstić information content (AvgIpc) is 2.71. The van der Waals surface area contributed by atoms with Gasteiger partial charge in [0.1, 0.15) is 11.6 Å². The van der Waals surface area contributed by atoms with Crippen LogP contribution in [0.4, 0.5) is 5.82 Å². The summed E-state index contributed by atoms with van der Waals surface area (Å²) in [6.45, 7) is 12.0. The van der Waals surface area contributed by atoms with E-state index in [4.69, 9.17) is 0 Å². The van der Waals surface area contributed by atoms with Gasteiger partial charge in [0.15, 0.2) is 0 Å². The van der Waals surface area contributed by atoms with E-state index in [1.165, 1.54) is 25.9 Å². The summed E-state index contributed by atoms with van der Waals surface area (Å²) in [7, 11) is 0. The zero-order valence-electron chi connectivity index (χ0n) is 12.6. The van der Waals surface area contributed by atoms with Gasteiger partial charge in [-0.3, -0.25) is 4.90 Å². The number of nitrogens with zero attached hydrogens (tertiary/aromatic N) is 3. The number of hydrogen-bond donors (Lipinski definition) is 1. The smallest absolute Gasteiger partial charge is 0.129 e. The monoisotopic (exact) mass is 262 g/mol. The number of aryl methyl sites for hydroxylation is 2. The van der Waals surface area contributed by atoms with Crippen molar-refractivity contribution in [1.29, 1.82) is 0 Å². The molecule has 1 fully saturated rings. The van der Waals surface area contributed by atoms with E-state index in [1.54, 1.807) is 0 Å². The van der Waals surface area contributed by atoms with E-state index in [0.29, 0.717) is 6.04 Å². The largest absolute Gasteiger partial charge is 0.368 e. The van der Waals surface area contributed by atoms with Gasteiger partial charge in [-0.15, -0.1) is 0 Å². The van der Waals surface area contributed by atoms with Gasteiger partial charge in [0.05, 0.1) is 0 Å². The van der Waals surface area contributed by atoms with Gasteiger partial charge >= 0.3 is 0 Å². The molecule has 1 aliphatic heterocycles. The predicted octanol–water partition coefficient (Wildman–Crippen LogP) is 2.63. The van der Waals surface area contributed by atoms with Gasteiger partial charge in [0.2, 0.25) is 0 Å². The first kappa shape index (κ1) is 14.3. The Bertz CT molecular complexity index is 396. The fourth-order valence-electron chi connectivity index (χ4n) is 2.87. The third-order valence-corrected chi connectivity index (χ3v) is 3.58. The summed E-state index contributed by atoms with van der Waals surface area (Å²) in [4.78, 5) is 11.4. The predicted molar refractivity (Wildman–Crippen MR) is 79.4 cm³/mol. The normalized spacial score (nSPS) is 20.2. The van der Waals surface area contributed by atoms with Crippen LogP contribution in [0.5, 0.6) is 0 Å². The SMILES string of the molecule is Cc1cc(NC[C@H]2CCCN2CC(C)C)nc(C)n1. The van der Waals surface area contributed by atoms with Crippen LogP contribution in [0, 0.1) is 19.8 Å². The van der Waals surface area contributed by atoms with Crippen molar-refractivity contribution in [3.05, 3.63) is 17.6 Å². The lowest BCUT2D eigenvalue weighted by Crippen LogP contribution is -2.37. The third kappa shape index (κ3) is 4.16. The fourth-order valence-corrected chi connectivity index (χ4v) is 2.87. The molecule has 2 heterocycles. The quantitative estimate of drug-likeness (QED) is 0.885. The van der Waals surface area contributed by atoms with Gasteiger partial charge in [0.25, 0.3) is 0 Å². The Balaban J connectivity index is 1.90. The van der Waals surface area contributed by atoms with Crippen LogP contribution in [-0.4, -0.2) is 40.5 Å². The molecule has 1 saturated heterocycles. The van der Waals surface area contributed by atoms with E-state index in [2.05, 4.69) is 34.0 Å². The Morgan fingerprint density at radius 3 is 2.84 bits per heavy atom.